The minimum absolute atomic E-state index is 0.0139. The summed E-state index contributed by atoms with van der Waals surface area (Å²) in [6.07, 6.45) is 2.65. The van der Waals surface area contributed by atoms with E-state index in [0.29, 0.717) is 34.5 Å². The Labute approximate surface area is 225 Å². The summed E-state index contributed by atoms with van der Waals surface area (Å²) in [6, 6.07) is 3.20. The number of hydrogen-bond acceptors (Lipinski definition) is 9. The van der Waals surface area contributed by atoms with Gasteiger partial charge < -0.3 is 24.1 Å². The van der Waals surface area contributed by atoms with Gasteiger partial charge in [0.1, 0.15) is 11.8 Å². The van der Waals surface area contributed by atoms with Crippen molar-refractivity contribution < 1.29 is 19.0 Å². The summed E-state index contributed by atoms with van der Waals surface area (Å²) < 4.78 is 17.5. The first-order valence-electron chi connectivity index (χ1n) is 12.1. The monoisotopic (exact) mass is 542 g/mol. The van der Waals surface area contributed by atoms with Crippen molar-refractivity contribution in [3.8, 4) is 11.8 Å². The number of anilines is 3. The Morgan fingerprint density at radius 1 is 1.03 bits per heavy atom. The average Bonchev–Trinajstić information content (AvgIpc) is 3.71. The third-order valence-corrected chi connectivity index (χ3v) is 6.58. The Morgan fingerprint density at radius 3 is 2.18 bits per heavy atom. The van der Waals surface area contributed by atoms with Crippen LogP contribution in [0, 0.1) is 33.6 Å². The fraction of sp³-hybridized carbons (Fsp3) is 0.423. The second kappa shape index (κ2) is 11.3. The molecule has 202 valence electrons. The second-order valence-electron chi connectivity index (χ2n) is 9.27. The van der Waals surface area contributed by atoms with Crippen LogP contribution in [0.5, 0.6) is 11.8 Å². The van der Waals surface area contributed by atoms with Crippen LogP contribution in [-0.4, -0.2) is 46.4 Å². The number of hydrogen-bond donors (Lipinski definition) is 2. The summed E-state index contributed by atoms with van der Waals surface area (Å²) in [5.41, 5.74) is 3.56. The molecule has 0 radical (unpaired) electrons. The van der Waals surface area contributed by atoms with E-state index in [1.807, 2.05) is 19.9 Å². The second-order valence-corrected chi connectivity index (χ2v) is 9.66. The van der Waals surface area contributed by atoms with Crippen molar-refractivity contribution in [1.82, 2.24) is 19.5 Å². The molecule has 3 aromatic rings. The first-order valence-corrected chi connectivity index (χ1v) is 12.5. The summed E-state index contributed by atoms with van der Waals surface area (Å²) in [5.74, 6) is 1.22. The largest absolute Gasteiger partial charge is 0.481 e. The molecule has 1 aliphatic carbocycles. The van der Waals surface area contributed by atoms with Crippen molar-refractivity contribution in [2.45, 2.75) is 46.6 Å². The lowest BCUT2D eigenvalue weighted by Crippen LogP contribution is -2.32. The Kier molecular flexibility index (Phi) is 8.05. The van der Waals surface area contributed by atoms with Crippen molar-refractivity contribution in [2.24, 2.45) is 5.92 Å². The lowest BCUT2D eigenvalue weighted by Gasteiger charge is -2.21. The van der Waals surface area contributed by atoms with Crippen LogP contribution in [0.1, 0.15) is 41.4 Å². The van der Waals surface area contributed by atoms with E-state index >= 15 is 0 Å². The van der Waals surface area contributed by atoms with Crippen LogP contribution in [0.4, 0.5) is 22.0 Å². The zero-order valence-electron chi connectivity index (χ0n) is 22.2. The highest BCUT2D eigenvalue weighted by atomic mass is 35.5. The van der Waals surface area contributed by atoms with Gasteiger partial charge in [-0.2, -0.15) is 0 Å². The molecule has 11 nitrogen and oxygen atoms in total. The highest BCUT2D eigenvalue weighted by Crippen LogP contribution is 2.40. The van der Waals surface area contributed by atoms with E-state index in [9.17, 15) is 9.59 Å². The van der Waals surface area contributed by atoms with E-state index in [0.717, 1.165) is 24.0 Å². The van der Waals surface area contributed by atoms with Gasteiger partial charge in [0.25, 0.3) is 5.56 Å². The van der Waals surface area contributed by atoms with Crippen molar-refractivity contribution >= 4 is 34.9 Å². The zero-order valence-corrected chi connectivity index (χ0v) is 23.0. The maximum absolute atomic E-state index is 13.5. The smallest absolute Gasteiger partial charge is 0.411 e. The standard InChI is InChI=1S/C26H31ClN6O5/c1-13-9-18(15(3)28-23(13)36-5)30-22-25(34)33(11-21(27)32-22)20(17-7-8-17)12-38-26(35)31-19-10-14(2)24(37-6)29-16(19)4/h9-11,17,20H,7-8,12H2,1-6H3,(H,30,32)(H,31,35)/t20-/m1/s1. The van der Waals surface area contributed by atoms with Crippen molar-refractivity contribution in [2.75, 3.05) is 31.5 Å². The number of rotatable bonds is 9. The Morgan fingerprint density at radius 2 is 1.61 bits per heavy atom. The number of pyridine rings is 2. The average molecular weight is 543 g/mol. The minimum Gasteiger partial charge on any atom is -0.481 e. The van der Waals surface area contributed by atoms with Crippen molar-refractivity contribution in [1.29, 1.82) is 0 Å². The molecule has 1 aliphatic rings. The third-order valence-electron chi connectivity index (χ3n) is 6.40. The Hall–Kier alpha value is -3.86. The van der Waals surface area contributed by atoms with E-state index in [-0.39, 0.29) is 29.1 Å². The van der Waals surface area contributed by atoms with Gasteiger partial charge in [-0.25, -0.2) is 19.7 Å². The number of nitrogens with one attached hydrogen (secondary N) is 2. The number of carbonyl (C=O) groups is 1. The molecule has 1 amide bonds. The van der Waals surface area contributed by atoms with Gasteiger partial charge >= 0.3 is 6.09 Å². The lowest BCUT2D eigenvalue weighted by atomic mass is 10.2. The van der Waals surface area contributed by atoms with Crippen LogP contribution >= 0.6 is 11.6 Å². The molecular formula is C26H31ClN6O5. The zero-order chi connectivity index (χ0) is 27.6. The molecule has 0 aromatic carbocycles. The number of ether oxygens (including phenoxy) is 3. The molecule has 1 saturated carbocycles. The summed E-state index contributed by atoms with van der Waals surface area (Å²) in [5, 5.41) is 5.92. The maximum atomic E-state index is 13.5. The van der Waals surface area contributed by atoms with Gasteiger partial charge in [-0.15, -0.1) is 0 Å². The number of aromatic nitrogens is 4. The maximum Gasteiger partial charge on any atom is 0.411 e. The van der Waals surface area contributed by atoms with Gasteiger partial charge in [0.05, 0.1) is 43.0 Å². The van der Waals surface area contributed by atoms with Crippen LogP contribution in [0.25, 0.3) is 0 Å². The fourth-order valence-electron chi connectivity index (χ4n) is 4.20. The fourth-order valence-corrected chi connectivity index (χ4v) is 4.39. The molecule has 0 saturated heterocycles. The van der Waals surface area contributed by atoms with E-state index in [4.69, 9.17) is 25.8 Å². The van der Waals surface area contributed by atoms with E-state index in [1.165, 1.54) is 10.8 Å². The van der Waals surface area contributed by atoms with Crippen LogP contribution in [0.3, 0.4) is 0 Å². The molecule has 0 spiro atoms. The number of methoxy groups -OCH3 is 2. The molecule has 1 fully saturated rings. The third kappa shape index (κ3) is 5.99. The van der Waals surface area contributed by atoms with Crippen LogP contribution in [0.2, 0.25) is 5.15 Å². The lowest BCUT2D eigenvalue weighted by molar-refractivity contribution is 0.135. The number of amides is 1. The van der Waals surface area contributed by atoms with Gasteiger partial charge in [-0.1, -0.05) is 11.6 Å². The van der Waals surface area contributed by atoms with Crippen LogP contribution in [-0.2, 0) is 4.74 Å². The van der Waals surface area contributed by atoms with E-state index in [2.05, 4.69) is 25.6 Å². The molecule has 4 rings (SSSR count). The molecule has 38 heavy (non-hydrogen) atoms. The topological polar surface area (TPSA) is 129 Å². The van der Waals surface area contributed by atoms with Gasteiger partial charge in [0, 0.05) is 17.3 Å². The SMILES string of the molecule is COc1nc(C)c(NC(=O)OC[C@H](C2CC2)n2cc(Cl)nc(Nc3cc(C)c(OC)nc3C)c2=O)cc1C. The van der Waals surface area contributed by atoms with Crippen molar-refractivity contribution in [3.63, 3.8) is 0 Å². The highest BCUT2D eigenvalue weighted by Gasteiger charge is 2.35. The molecular weight excluding hydrogens is 512 g/mol. The molecule has 3 heterocycles. The van der Waals surface area contributed by atoms with Gasteiger partial charge in [0.15, 0.2) is 5.82 Å². The van der Waals surface area contributed by atoms with Crippen LogP contribution < -0.4 is 25.7 Å². The molecule has 2 N–H and O–H groups in total. The minimum atomic E-state index is -0.646. The predicted molar refractivity (Wildman–Crippen MR) is 144 cm³/mol. The predicted octanol–water partition coefficient (Wildman–Crippen LogP) is 4.88. The normalized spacial score (nSPS) is 13.6. The number of nitrogens with zero attached hydrogens (tertiary/aromatic N) is 4. The first kappa shape index (κ1) is 27.2. The van der Waals surface area contributed by atoms with Gasteiger partial charge in [-0.05, 0) is 58.6 Å². The van der Waals surface area contributed by atoms with Gasteiger partial charge in [-0.3, -0.25) is 10.1 Å². The molecule has 1 atom stereocenters. The van der Waals surface area contributed by atoms with Gasteiger partial charge in [0.2, 0.25) is 11.8 Å². The quantitative estimate of drug-likeness (QED) is 0.388. The highest BCUT2D eigenvalue weighted by molar-refractivity contribution is 6.29. The van der Waals surface area contributed by atoms with Crippen molar-refractivity contribution in [3.05, 3.63) is 56.4 Å². The molecule has 3 aromatic heterocycles. The molecule has 0 bridgehead atoms. The Bertz CT molecular complexity index is 1420. The Balaban J connectivity index is 1.53. The summed E-state index contributed by atoms with van der Waals surface area (Å²) in [7, 11) is 3.09. The summed E-state index contributed by atoms with van der Waals surface area (Å²) >= 11 is 6.32. The molecule has 0 unspecified atom stereocenters. The summed E-state index contributed by atoms with van der Waals surface area (Å²) in [6.45, 7) is 7.24. The summed E-state index contributed by atoms with van der Waals surface area (Å²) in [4.78, 5) is 39.1. The van der Waals surface area contributed by atoms with Crippen LogP contribution in [0.15, 0.2) is 23.1 Å². The van der Waals surface area contributed by atoms with E-state index in [1.54, 1.807) is 34.1 Å². The van der Waals surface area contributed by atoms with E-state index < -0.39 is 12.1 Å². The first-order chi connectivity index (χ1) is 18.1. The number of aryl methyl sites for hydroxylation is 4. The molecule has 12 heteroatoms. The molecule has 0 aliphatic heterocycles. The number of carbonyl (C=O) groups excluding carboxylic acids is 1. The number of halogens is 1.